The number of phenols is 1. The molecule has 2 rings (SSSR count). The van der Waals surface area contributed by atoms with Crippen molar-refractivity contribution in [3.05, 3.63) is 46.3 Å². The van der Waals surface area contributed by atoms with Gasteiger partial charge < -0.3 is 14.4 Å². The second kappa shape index (κ2) is 5.10. The minimum absolute atomic E-state index is 0.0399. The maximum atomic E-state index is 11.7. The number of ether oxygens (including phenoxy) is 1. The molecule has 0 saturated heterocycles. The van der Waals surface area contributed by atoms with Gasteiger partial charge in [0.05, 0.1) is 5.69 Å². The zero-order valence-corrected chi connectivity index (χ0v) is 10.3. The lowest BCUT2D eigenvalue weighted by Gasteiger charge is -2.04. The molecule has 0 aliphatic heterocycles. The molecular weight excluding hydrogens is 258 g/mol. The van der Waals surface area contributed by atoms with E-state index < -0.39 is 5.97 Å². The monoisotopic (exact) mass is 267 g/mol. The van der Waals surface area contributed by atoms with Crippen molar-refractivity contribution in [2.75, 3.05) is 0 Å². The Bertz CT molecular complexity index is 579. The van der Waals surface area contributed by atoms with Crippen LogP contribution in [-0.4, -0.2) is 16.2 Å². The van der Waals surface area contributed by atoms with Crippen LogP contribution in [0.3, 0.4) is 0 Å². The van der Waals surface area contributed by atoms with E-state index in [9.17, 15) is 9.90 Å². The number of rotatable bonds is 3. The summed E-state index contributed by atoms with van der Waals surface area (Å²) in [7, 11) is 0. The quantitative estimate of drug-likeness (QED) is 0.866. The van der Waals surface area contributed by atoms with Crippen molar-refractivity contribution < 1.29 is 19.2 Å². The van der Waals surface area contributed by atoms with Gasteiger partial charge in [-0.05, 0) is 25.1 Å². The highest BCUT2D eigenvalue weighted by molar-refractivity contribution is 6.30. The van der Waals surface area contributed by atoms with E-state index in [-0.39, 0.29) is 17.9 Å². The number of halogens is 1. The highest BCUT2D eigenvalue weighted by Crippen LogP contribution is 2.22. The first-order valence-electron chi connectivity index (χ1n) is 5.14. The van der Waals surface area contributed by atoms with E-state index in [2.05, 4.69) is 5.16 Å². The van der Waals surface area contributed by atoms with Gasteiger partial charge in [0.15, 0.2) is 12.4 Å². The number of benzene rings is 1. The zero-order valence-electron chi connectivity index (χ0n) is 9.51. The summed E-state index contributed by atoms with van der Waals surface area (Å²) in [5.74, 6) is -0.436. The Morgan fingerprint density at radius 2 is 2.28 bits per heavy atom. The van der Waals surface area contributed by atoms with Gasteiger partial charge in [-0.2, -0.15) is 0 Å². The molecule has 0 amide bonds. The van der Waals surface area contributed by atoms with Crippen LogP contribution in [0.2, 0.25) is 5.02 Å². The highest BCUT2D eigenvalue weighted by Gasteiger charge is 2.14. The smallest absolute Gasteiger partial charge is 0.342 e. The van der Waals surface area contributed by atoms with E-state index in [0.717, 1.165) is 0 Å². The first-order chi connectivity index (χ1) is 8.56. The summed E-state index contributed by atoms with van der Waals surface area (Å²) in [6.45, 7) is 1.72. The summed E-state index contributed by atoms with van der Waals surface area (Å²) < 4.78 is 9.86. The molecule has 1 heterocycles. The number of hydrogen-bond acceptors (Lipinski definition) is 5. The Morgan fingerprint density at radius 3 is 2.89 bits per heavy atom. The zero-order chi connectivity index (χ0) is 13.1. The number of esters is 1. The van der Waals surface area contributed by atoms with Crippen molar-refractivity contribution in [1.82, 2.24) is 5.16 Å². The van der Waals surface area contributed by atoms with Crippen LogP contribution in [-0.2, 0) is 11.3 Å². The molecule has 1 N–H and O–H groups in total. The standard InChI is InChI=1S/C12H10ClNO4/c1-7-4-9(18-14-7)6-17-12(16)10-3-2-8(13)5-11(10)15/h2-5,15H,6H2,1H3. The van der Waals surface area contributed by atoms with Crippen molar-refractivity contribution in [2.24, 2.45) is 0 Å². The van der Waals surface area contributed by atoms with Gasteiger partial charge in [-0.15, -0.1) is 0 Å². The summed E-state index contributed by atoms with van der Waals surface area (Å²) >= 11 is 5.66. The van der Waals surface area contributed by atoms with Gasteiger partial charge >= 0.3 is 5.97 Å². The van der Waals surface area contributed by atoms with Crippen LogP contribution in [0, 0.1) is 6.92 Å². The van der Waals surface area contributed by atoms with E-state index in [4.69, 9.17) is 20.9 Å². The van der Waals surface area contributed by atoms with E-state index in [1.54, 1.807) is 13.0 Å². The van der Waals surface area contributed by atoms with Crippen molar-refractivity contribution in [3.8, 4) is 5.75 Å². The predicted octanol–water partition coefficient (Wildman–Crippen LogP) is 2.70. The van der Waals surface area contributed by atoms with Crippen molar-refractivity contribution in [3.63, 3.8) is 0 Å². The lowest BCUT2D eigenvalue weighted by atomic mass is 10.2. The average molecular weight is 268 g/mol. The molecule has 1 aromatic heterocycles. The number of phenolic OH excluding ortho intramolecular Hbond substituents is 1. The van der Waals surface area contributed by atoms with Gasteiger partial charge in [0.25, 0.3) is 0 Å². The highest BCUT2D eigenvalue weighted by atomic mass is 35.5. The number of nitrogens with zero attached hydrogens (tertiary/aromatic N) is 1. The van der Waals surface area contributed by atoms with Gasteiger partial charge in [-0.25, -0.2) is 4.79 Å². The van der Waals surface area contributed by atoms with Gasteiger partial charge in [-0.1, -0.05) is 16.8 Å². The number of aryl methyl sites for hydroxylation is 1. The molecule has 2 aromatic rings. The third-order valence-electron chi connectivity index (χ3n) is 2.20. The summed E-state index contributed by atoms with van der Waals surface area (Å²) in [6.07, 6.45) is 0. The summed E-state index contributed by atoms with van der Waals surface area (Å²) in [4.78, 5) is 11.7. The van der Waals surface area contributed by atoms with Crippen molar-refractivity contribution >= 4 is 17.6 Å². The van der Waals surface area contributed by atoms with Crippen LogP contribution in [0.25, 0.3) is 0 Å². The molecule has 1 aromatic carbocycles. The van der Waals surface area contributed by atoms with E-state index in [1.165, 1.54) is 18.2 Å². The van der Waals surface area contributed by atoms with Gasteiger partial charge in [0, 0.05) is 11.1 Å². The Balaban J connectivity index is 2.03. The fourth-order valence-corrected chi connectivity index (χ4v) is 1.54. The first kappa shape index (κ1) is 12.4. The fraction of sp³-hybridized carbons (Fsp3) is 0.167. The van der Waals surface area contributed by atoms with Crippen LogP contribution in [0.5, 0.6) is 5.75 Å². The number of carbonyl (C=O) groups is 1. The Labute approximate surface area is 108 Å². The van der Waals surface area contributed by atoms with E-state index in [0.29, 0.717) is 16.5 Å². The SMILES string of the molecule is Cc1cc(COC(=O)c2ccc(Cl)cc2O)on1. The van der Waals surface area contributed by atoms with E-state index >= 15 is 0 Å². The van der Waals surface area contributed by atoms with Crippen molar-refractivity contribution in [2.45, 2.75) is 13.5 Å². The second-order valence-electron chi connectivity index (χ2n) is 3.67. The molecule has 94 valence electrons. The minimum atomic E-state index is -0.654. The largest absolute Gasteiger partial charge is 0.507 e. The molecule has 0 saturated carbocycles. The topological polar surface area (TPSA) is 72.6 Å². The van der Waals surface area contributed by atoms with Crippen LogP contribution >= 0.6 is 11.6 Å². The molecule has 0 atom stereocenters. The van der Waals surface area contributed by atoms with Crippen LogP contribution in [0.1, 0.15) is 21.8 Å². The average Bonchev–Trinajstić information content (AvgIpc) is 2.72. The molecule has 0 aliphatic rings. The number of hydrogen-bond donors (Lipinski definition) is 1. The lowest BCUT2D eigenvalue weighted by Crippen LogP contribution is -2.05. The second-order valence-corrected chi connectivity index (χ2v) is 4.11. The van der Waals surface area contributed by atoms with Crippen molar-refractivity contribution in [1.29, 1.82) is 0 Å². The molecule has 0 spiro atoms. The molecule has 0 fully saturated rings. The fourth-order valence-electron chi connectivity index (χ4n) is 1.38. The molecular formula is C12H10ClNO4. The molecule has 0 radical (unpaired) electrons. The summed E-state index contributed by atoms with van der Waals surface area (Å²) in [5.41, 5.74) is 0.756. The van der Waals surface area contributed by atoms with Crippen LogP contribution in [0.15, 0.2) is 28.8 Å². The maximum absolute atomic E-state index is 11.7. The maximum Gasteiger partial charge on any atom is 0.342 e. The number of aromatic nitrogens is 1. The number of aromatic hydroxyl groups is 1. The van der Waals surface area contributed by atoms with Gasteiger partial charge in [0.1, 0.15) is 11.3 Å². The van der Waals surface area contributed by atoms with Gasteiger partial charge in [0.2, 0.25) is 0 Å². The van der Waals surface area contributed by atoms with E-state index in [1.807, 2.05) is 0 Å². The Kier molecular flexibility index (Phi) is 3.53. The molecule has 0 bridgehead atoms. The molecule has 0 aliphatic carbocycles. The first-order valence-corrected chi connectivity index (χ1v) is 5.52. The normalized spacial score (nSPS) is 10.3. The third-order valence-corrected chi connectivity index (χ3v) is 2.44. The Morgan fingerprint density at radius 1 is 1.50 bits per heavy atom. The van der Waals surface area contributed by atoms with Crippen LogP contribution < -0.4 is 0 Å². The minimum Gasteiger partial charge on any atom is -0.507 e. The number of carbonyl (C=O) groups excluding carboxylic acids is 1. The summed E-state index contributed by atoms with van der Waals surface area (Å²) in [5, 5.41) is 13.5. The summed E-state index contributed by atoms with van der Waals surface area (Å²) in [6, 6.07) is 5.83. The molecule has 18 heavy (non-hydrogen) atoms. The molecule has 6 heteroatoms. The van der Waals surface area contributed by atoms with Crippen LogP contribution in [0.4, 0.5) is 0 Å². The van der Waals surface area contributed by atoms with Gasteiger partial charge in [-0.3, -0.25) is 0 Å². The lowest BCUT2D eigenvalue weighted by molar-refractivity contribution is 0.0434. The molecule has 0 unspecified atom stereocenters. The Hall–Kier alpha value is -2.01. The molecule has 5 nitrogen and oxygen atoms in total. The predicted molar refractivity (Wildman–Crippen MR) is 63.5 cm³/mol. The third kappa shape index (κ3) is 2.81.